The summed E-state index contributed by atoms with van der Waals surface area (Å²) in [6.07, 6.45) is 0. The van der Waals surface area contributed by atoms with Crippen molar-refractivity contribution in [2.45, 2.75) is 6.04 Å². The summed E-state index contributed by atoms with van der Waals surface area (Å²) in [5.74, 6) is -3.05. The molecule has 5 heteroatoms. The Balaban J connectivity index is 3.13. The molecular formula is C8H10F2N2O. The second-order valence-corrected chi connectivity index (χ2v) is 2.68. The minimum Gasteiger partial charge on any atom is -0.503 e. The van der Waals surface area contributed by atoms with Crippen LogP contribution in [0, 0.1) is 11.6 Å². The van der Waals surface area contributed by atoms with Crippen molar-refractivity contribution in [1.29, 1.82) is 0 Å². The van der Waals surface area contributed by atoms with E-state index in [9.17, 15) is 8.78 Å². The molecule has 1 rings (SSSR count). The van der Waals surface area contributed by atoms with Gasteiger partial charge in [-0.3, -0.25) is 0 Å². The predicted molar refractivity (Wildman–Crippen MR) is 44.0 cm³/mol. The molecule has 0 aliphatic carbocycles. The molecule has 1 aromatic carbocycles. The van der Waals surface area contributed by atoms with Gasteiger partial charge in [0, 0.05) is 12.6 Å². The second-order valence-electron chi connectivity index (χ2n) is 2.68. The van der Waals surface area contributed by atoms with E-state index in [1.807, 2.05) is 0 Å². The van der Waals surface area contributed by atoms with E-state index in [0.717, 1.165) is 12.1 Å². The fourth-order valence-corrected chi connectivity index (χ4v) is 0.935. The van der Waals surface area contributed by atoms with Crippen molar-refractivity contribution in [1.82, 2.24) is 0 Å². The largest absolute Gasteiger partial charge is 0.503 e. The highest BCUT2D eigenvalue weighted by molar-refractivity contribution is 5.31. The lowest BCUT2D eigenvalue weighted by molar-refractivity contribution is 0.394. The summed E-state index contributed by atoms with van der Waals surface area (Å²) in [4.78, 5) is 0. The van der Waals surface area contributed by atoms with Crippen LogP contribution in [-0.2, 0) is 0 Å². The summed E-state index contributed by atoms with van der Waals surface area (Å²) in [6, 6.07) is 1.32. The Labute approximate surface area is 74.0 Å². The third kappa shape index (κ3) is 1.93. The summed E-state index contributed by atoms with van der Waals surface area (Å²) in [5.41, 5.74) is 10.9. The smallest absolute Gasteiger partial charge is 0.187 e. The maximum Gasteiger partial charge on any atom is 0.187 e. The number of rotatable bonds is 2. The van der Waals surface area contributed by atoms with Gasteiger partial charge in [0.1, 0.15) is 0 Å². The van der Waals surface area contributed by atoms with Crippen LogP contribution in [0.25, 0.3) is 0 Å². The van der Waals surface area contributed by atoms with Gasteiger partial charge in [0.2, 0.25) is 0 Å². The monoisotopic (exact) mass is 188 g/mol. The van der Waals surface area contributed by atoms with Crippen LogP contribution in [-0.4, -0.2) is 11.7 Å². The first-order valence-corrected chi connectivity index (χ1v) is 3.69. The SMILES string of the molecule is NC[C@H](N)c1cc(F)c(O)c(F)c1. The number of hydrogen-bond donors (Lipinski definition) is 3. The Morgan fingerprint density at radius 2 is 1.77 bits per heavy atom. The summed E-state index contributed by atoms with van der Waals surface area (Å²) in [7, 11) is 0. The van der Waals surface area contributed by atoms with Crippen LogP contribution >= 0.6 is 0 Å². The third-order valence-corrected chi connectivity index (χ3v) is 1.72. The Bertz CT molecular complexity index is 294. The topological polar surface area (TPSA) is 72.3 Å². The van der Waals surface area contributed by atoms with Crippen molar-refractivity contribution in [3.8, 4) is 5.75 Å². The fourth-order valence-electron chi connectivity index (χ4n) is 0.935. The molecule has 0 aromatic heterocycles. The molecule has 0 heterocycles. The van der Waals surface area contributed by atoms with Gasteiger partial charge in [-0.25, -0.2) is 8.78 Å². The lowest BCUT2D eigenvalue weighted by Gasteiger charge is -2.09. The predicted octanol–water partition coefficient (Wildman–Crippen LogP) is 0.629. The van der Waals surface area contributed by atoms with Crippen LogP contribution in [0.2, 0.25) is 0 Å². The van der Waals surface area contributed by atoms with Crippen LogP contribution in [0.1, 0.15) is 11.6 Å². The molecule has 0 bridgehead atoms. The number of halogens is 2. The summed E-state index contributed by atoms with van der Waals surface area (Å²) >= 11 is 0. The maximum atomic E-state index is 12.8. The summed E-state index contributed by atoms with van der Waals surface area (Å²) in [6.45, 7) is 0.0870. The average molecular weight is 188 g/mol. The molecule has 13 heavy (non-hydrogen) atoms. The summed E-state index contributed by atoms with van der Waals surface area (Å²) in [5, 5.41) is 8.76. The standard InChI is InChI=1S/C8H10F2N2O/c9-5-1-4(7(12)3-11)2-6(10)8(5)13/h1-2,7,13H,3,11-12H2/t7-/m0/s1. The number of phenols is 1. The molecule has 3 nitrogen and oxygen atoms in total. The molecule has 0 radical (unpaired) electrons. The van der Waals surface area contributed by atoms with Gasteiger partial charge in [-0.05, 0) is 17.7 Å². The number of benzene rings is 1. The molecule has 0 aliphatic heterocycles. The van der Waals surface area contributed by atoms with Gasteiger partial charge in [-0.15, -0.1) is 0 Å². The molecule has 1 atom stereocenters. The van der Waals surface area contributed by atoms with E-state index in [4.69, 9.17) is 16.6 Å². The Morgan fingerprint density at radius 3 is 2.15 bits per heavy atom. The van der Waals surface area contributed by atoms with Crippen LogP contribution in [0.15, 0.2) is 12.1 Å². The van der Waals surface area contributed by atoms with Gasteiger partial charge in [-0.1, -0.05) is 0 Å². The van der Waals surface area contributed by atoms with Crippen molar-refractivity contribution in [2.24, 2.45) is 11.5 Å². The summed E-state index contributed by atoms with van der Waals surface area (Å²) < 4.78 is 25.5. The number of aromatic hydroxyl groups is 1. The van der Waals surface area contributed by atoms with Crippen LogP contribution in [0.5, 0.6) is 5.75 Å². The maximum absolute atomic E-state index is 12.8. The molecule has 0 fully saturated rings. The average Bonchev–Trinajstić information content (AvgIpc) is 2.12. The Morgan fingerprint density at radius 1 is 1.31 bits per heavy atom. The third-order valence-electron chi connectivity index (χ3n) is 1.72. The molecule has 0 aliphatic rings. The van der Waals surface area contributed by atoms with Crippen molar-refractivity contribution in [3.63, 3.8) is 0 Å². The highest BCUT2D eigenvalue weighted by Crippen LogP contribution is 2.23. The fraction of sp³-hybridized carbons (Fsp3) is 0.250. The first-order valence-electron chi connectivity index (χ1n) is 3.69. The van der Waals surface area contributed by atoms with Crippen LogP contribution in [0.3, 0.4) is 0 Å². The number of nitrogens with two attached hydrogens (primary N) is 2. The molecule has 72 valence electrons. The molecule has 0 saturated heterocycles. The van der Waals surface area contributed by atoms with E-state index in [0.29, 0.717) is 0 Å². The van der Waals surface area contributed by atoms with Gasteiger partial charge >= 0.3 is 0 Å². The Kier molecular flexibility index (Phi) is 2.79. The molecule has 0 unspecified atom stereocenters. The molecule has 0 spiro atoms. The first-order chi connectivity index (χ1) is 6.06. The zero-order valence-electron chi connectivity index (χ0n) is 6.80. The van der Waals surface area contributed by atoms with Crippen molar-refractivity contribution < 1.29 is 13.9 Å². The van der Waals surface area contributed by atoms with E-state index in [1.54, 1.807) is 0 Å². The zero-order valence-corrected chi connectivity index (χ0v) is 6.80. The minimum absolute atomic E-state index is 0.0870. The van der Waals surface area contributed by atoms with Crippen LogP contribution < -0.4 is 11.5 Å². The Hall–Kier alpha value is -1.20. The van der Waals surface area contributed by atoms with Crippen molar-refractivity contribution >= 4 is 0 Å². The minimum atomic E-state index is -1.03. The van der Waals surface area contributed by atoms with Crippen molar-refractivity contribution in [3.05, 3.63) is 29.3 Å². The van der Waals surface area contributed by atoms with Gasteiger partial charge < -0.3 is 16.6 Å². The lowest BCUT2D eigenvalue weighted by Crippen LogP contribution is -2.21. The van der Waals surface area contributed by atoms with E-state index < -0.39 is 23.4 Å². The number of hydrogen-bond acceptors (Lipinski definition) is 3. The van der Waals surface area contributed by atoms with Gasteiger partial charge in [0.15, 0.2) is 17.4 Å². The molecule has 5 N–H and O–H groups in total. The highest BCUT2D eigenvalue weighted by Gasteiger charge is 2.12. The van der Waals surface area contributed by atoms with Crippen LogP contribution in [0.4, 0.5) is 8.78 Å². The van der Waals surface area contributed by atoms with Gasteiger partial charge in [0.25, 0.3) is 0 Å². The zero-order chi connectivity index (χ0) is 10.0. The molecule has 1 aromatic rings. The highest BCUT2D eigenvalue weighted by atomic mass is 19.1. The lowest BCUT2D eigenvalue weighted by atomic mass is 10.1. The molecule has 0 amide bonds. The first kappa shape index (κ1) is 9.88. The van der Waals surface area contributed by atoms with Gasteiger partial charge in [-0.2, -0.15) is 0 Å². The van der Waals surface area contributed by atoms with E-state index in [1.165, 1.54) is 0 Å². The normalized spacial score (nSPS) is 12.9. The quantitative estimate of drug-likeness (QED) is 0.637. The molecule has 0 saturated carbocycles. The van der Waals surface area contributed by atoms with E-state index >= 15 is 0 Å². The van der Waals surface area contributed by atoms with E-state index in [-0.39, 0.29) is 12.1 Å². The molecular weight excluding hydrogens is 178 g/mol. The van der Waals surface area contributed by atoms with E-state index in [2.05, 4.69) is 0 Å². The van der Waals surface area contributed by atoms with Crippen molar-refractivity contribution in [2.75, 3.05) is 6.54 Å². The van der Waals surface area contributed by atoms with Gasteiger partial charge in [0.05, 0.1) is 0 Å². The second kappa shape index (κ2) is 3.68. The number of phenolic OH excluding ortho intramolecular Hbond substituents is 1.